The third-order valence-electron chi connectivity index (χ3n) is 4.56. The van der Waals surface area contributed by atoms with E-state index >= 15 is 0 Å². The van der Waals surface area contributed by atoms with Crippen LogP contribution in [-0.4, -0.2) is 30.5 Å². The van der Waals surface area contributed by atoms with E-state index in [9.17, 15) is 4.79 Å². The lowest BCUT2D eigenvalue weighted by Gasteiger charge is -2.20. The summed E-state index contributed by atoms with van der Waals surface area (Å²) < 4.78 is 5.69. The molecule has 3 rings (SSSR count). The largest absolute Gasteiger partial charge is 0.484 e. The first-order chi connectivity index (χ1) is 10.2. The number of fused-ring (bicyclic) bond motifs is 1. The summed E-state index contributed by atoms with van der Waals surface area (Å²) in [6.07, 6.45) is 6.70. The Kier molecular flexibility index (Phi) is 4.44. The van der Waals surface area contributed by atoms with E-state index in [1.807, 2.05) is 23.1 Å². The Hall–Kier alpha value is -1.55. The van der Waals surface area contributed by atoms with Gasteiger partial charge in [0.1, 0.15) is 5.75 Å². The van der Waals surface area contributed by atoms with Gasteiger partial charge in [-0.3, -0.25) is 4.79 Å². The van der Waals surface area contributed by atoms with Gasteiger partial charge in [-0.05, 0) is 48.9 Å². The topological polar surface area (TPSA) is 55.6 Å². The lowest BCUT2D eigenvalue weighted by atomic mass is 10.1. The van der Waals surface area contributed by atoms with Gasteiger partial charge >= 0.3 is 0 Å². The van der Waals surface area contributed by atoms with Gasteiger partial charge in [0.15, 0.2) is 6.61 Å². The van der Waals surface area contributed by atoms with E-state index < -0.39 is 0 Å². The van der Waals surface area contributed by atoms with Crippen LogP contribution in [0.3, 0.4) is 0 Å². The molecule has 114 valence electrons. The first kappa shape index (κ1) is 14.4. The summed E-state index contributed by atoms with van der Waals surface area (Å²) >= 11 is 0. The van der Waals surface area contributed by atoms with Crippen LogP contribution in [0.2, 0.25) is 0 Å². The first-order valence-electron chi connectivity index (χ1n) is 8.03. The fraction of sp³-hybridized carbons (Fsp3) is 0.588. The molecule has 21 heavy (non-hydrogen) atoms. The van der Waals surface area contributed by atoms with Gasteiger partial charge < -0.3 is 15.4 Å². The number of hydrogen-bond acceptors (Lipinski definition) is 3. The Bertz CT molecular complexity index is 508. The summed E-state index contributed by atoms with van der Waals surface area (Å²) in [5.41, 5.74) is 8.52. The molecule has 2 aliphatic rings. The summed E-state index contributed by atoms with van der Waals surface area (Å²) in [4.78, 5) is 14.1. The highest BCUT2D eigenvalue weighted by molar-refractivity contribution is 5.77. The van der Waals surface area contributed by atoms with E-state index in [0.717, 1.165) is 44.5 Å². The molecule has 0 unspecified atom stereocenters. The van der Waals surface area contributed by atoms with E-state index in [-0.39, 0.29) is 18.6 Å². The zero-order chi connectivity index (χ0) is 14.7. The number of nitrogens with two attached hydrogens (primary N) is 1. The van der Waals surface area contributed by atoms with Crippen LogP contribution in [-0.2, 0) is 11.2 Å². The van der Waals surface area contributed by atoms with Gasteiger partial charge in [0.05, 0.1) is 0 Å². The molecule has 1 aliphatic heterocycles. The summed E-state index contributed by atoms with van der Waals surface area (Å²) in [6, 6.07) is 6.17. The van der Waals surface area contributed by atoms with Crippen molar-refractivity contribution in [3.8, 4) is 5.75 Å². The SMILES string of the molecule is N[C@@H]1CCc2cc(OCC(=O)N3CCCCCC3)ccc21. The van der Waals surface area contributed by atoms with Crippen molar-refractivity contribution in [1.82, 2.24) is 4.90 Å². The number of carbonyl (C=O) groups excluding carboxylic acids is 1. The summed E-state index contributed by atoms with van der Waals surface area (Å²) in [5.74, 6) is 0.889. The van der Waals surface area contributed by atoms with Gasteiger partial charge in [-0.2, -0.15) is 0 Å². The van der Waals surface area contributed by atoms with Crippen LogP contribution in [0.5, 0.6) is 5.75 Å². The van der Waals surface area contributed by atoms with Crippen molar-refractivity contribution in [2.24, 2.45) is 5.73 Å². The van der Waals surface area contributed by atoms with Crippen molar-refractivity contribution < 1.29 is 9.53 Å². The zero-order valence-electron chi connectivity index (χ0n) is 12.5. The molecular formula is C17H24N2O2. The lowest BCUT2D eigenvalue weighted by molar-refractivity contribution is -0.133. The Labute approximate surface area is 126 Å². The van der Waals surface area contributed by atoms with Crippen LogP contribution >= 0.6 is 0 Å². The predicted molar refractivity (Wildman–Crippen MR) is 82.2 cm³/mol. The van der Waals surface area contributed by atoms with E-state index in [4.69, 9.17) is 10.5 Å². The molecule has 0 radical (unpaired) electrons. The van der Waals surface area contributed by atoms with Crippen molar-refractivity contribution in [1.29, 1.82) is 0 Å². The van der Waals surface area contributed by atoms with E-state index in [1.165, 1.54) is 24.0 Å². The summed E-state index contributed by atoms with van der Waals surface area (Å²) in [5, 5.41) is 0. The summed E-state index contributed by atoms with van der Waals surface area (Å²) in [6.45, 7) is 1.90. The number of amides is 1. The standard InChI is InChI=1S/C17H24N2O2/c18-16-8-5-13-11-14(6-7-15(13)16)21-12-17(20)19-9-3-1-2-4-10-19/h6-7,11,16H,1-5,8-10,12,18H2/t16-/m1/s1. The van der Waals surface area contributed by atoms with Crippen LogP contribution in [0.15, 0.2) is 18.2 Å². The van der Waals surface area contributed by atoms with Crippen molar-refractivity contribution >= 4 is 5.91 Å². The number of benzene rings is 1. The highest BCUT2D eigenvalue weighted by atomic mass is 16.5. The van der Waals surface area contributed by atoms with Crippen LogP contribution in [0.4, 0.5) is 0 Å². The Morgan fingerprint density at radius 3 is 2.76 bits per heavy atom. The average molecular weight is 288 g/mol. The van der Waals surface area contributed by atoms with Gasteiger partial charge in [-0.1, -0.05) is 18.9 Å². The number of hydrogen-bond donors (Lipinski definition) is 1. The Morgan fingerprint density at radius 2 is 2.00 bits per heavy atom. The smallest absolute Gasteiger partial charge is 0.260 e. The molecule has 0 saturated carbocycles. The molecular weight excluding hydrogens is 264 g/mol. The van der Waals surface area contributed by atoms with Crippen LogP contribution in [0.25, 0.3) is 0 Å². The van der Waals surface area contributed by atoms with Gasteiger partial charge in [-0.15, -0.1) is 0 Å². The molecule has 4 nitrogen and oxygen atoms in total. The molecule has 0 spiro atoms. The minimum Gasteiger partial charge on any atom is -0.484 e. The van der Waals surface area contributed by atoms with Crippen molar-refractivity contribution in [3.05, 3.63) is 29.3 Å². The van der Waals surface area contributed by atoms with Gasteiger partial charge in [0, 0.05) is 19.1 Å². The maximum absolute atomic E-state index is 12.2. The zero-order valence-corrected chi connectivity index (χ0v) is 12.5. The molecule has 1 amide bonds. The van der Waals surface area contributed by atoms with E-state index in [2.05, 4.69) is 0 Å². The van der Waals surface area contributed by atoms with E-state index in [1.54, 1.807) is 0 Å². The molecule has 1 aromatic rings. The molecule has 1 saturated heterocycles. The molecule has 0 bridgehead atoms. The highest BCUT2D eigenvalue weighted by Gasteiger charge is 2.20. The fourth-order valence-corrected chi connectivity index (χ4v) is 3.27. The first-order valence-corrected chi connectivity index (χ1v) is 8.03. The minimum atomic E-state index is 0.106. The average Bonchev–Trinajstić information content (AvgIpc) is 2.71. The minimum absolute atomic E-state index is 0.106. The third kappa shape index (κ3) is 3.38. The molecule has 4 heteroatoms. The Morgan fingerprint density at radius 1 is 1.24 bits per heavy atom. The quantitative estimate of drug-likeness (QED) is 0.929. The predicted octanol–water partition coefficient (Wildman–Crippen LogP) is 2.41. The van der Waals surface area contributed by atoms with Gasteiger partial charge in [0.25, 0.3) is 5.91 Å². The van der Waals surface area contributed by atoms with Gasteiger partial charge in [-0.25, -0.2) is 0 Å². The van der Waals surface area contributed by atoms with E-state index in [0.29, 0.717) is 0 Å². The van der Waals surface area contributed by atoms with Crippen molar-refractivity contribution in [2.45, 2.75) is 44.6 Å². The van der Waals surface area contributed by atoms with Crippen molar-refractivity contribution in [2.75, 3.05) is 19.7 Å². The number of nitrogens with zero attached hydrogens (tertiary/aromatic N) is 1. The second kappa shape index (κ2) is 6.48. The maximum atomic E-state index is 12.2. The molecule has 1 aromatic carbocycles. The molecule has 1 aliphatic carbocycles. The number of ether oxygens (including phenoxy) is 1. The molecule has 1 heterocycles. The number of rotatable bonds is 3. The molecule has 1 fully saturated rings. The third-order valence-corrected chi connectivity index (χ3v) is 4.56. The highest BCUT2D eigenvalue weighted by Crippen LogP contribution is 2.31. The number of carbonyl (C=O) groups is 1. The second-order valence-electron chi connectivity index (χ2n) is 6.09. The van der Waals surface area contributed by atoms with Crippen LogP contribution in [0, 0.1) is 0 Å². The molecule has 2 N–H and O–H groups in total. The maximum Gasteiger partial charge on any atom is 0.260 e. The molecule has 0 aromatic heterocycles. The summed E-state index contributed by atoms with van der Waals surface area (Å²) in [7, 11) is 0. The normalized spacial score (nSPS) is 21.8. The number of aryl methyl sites for hydroxylation is 1. The second-order valence-corrected chi connectivity index (χ2v) is 6.09. The van der Waals surface area contributed by atoms with Gasteiger partial charge in [0.2, 0.25) is 0 Å². The van der Waals surface area contributed by atoms with Crippen LogP contribution < -0.4 is 10.5 Å². The monoisotopic (exact) mass is 288 g/mol. The fourth-order valence-electron chi connectivity index (χ4n) is 3.27. The lowest BCUT2D eigenvalue weighted by Crippen LogP contribution is -2.35. The van der Waals surface area contributed by atoms with Crippen molar-refractivity contribution in [3.63, 3.8) is 0 Å². The Balaban J connectivity index is 1.56. The number of likely N-dealkylation sites (tertiary alicyclic amines) is 1. The van der Waals surface area contributed by atoms with Crippen LogP contribution in [0.1, 0.15) is 49.3 Å². The molecule has 1 atom stereocenters.